The van der Waals surface area contributed by atoms with E-state index in [1.807, 2.05) is 11.9 Å². The minimum Gasteiger partial charge on any atom is -0.379 e. The largest absolute Gasteiger partial charge is 0.379 e. The molecule has 2 fully saturated rings. The van der Waals surface area contributed by atoms with Crippen molar-refractivity contribution in [2.75, 3.05) is 53.0 Å². The lowest BCUT2D eigenvalue weighted by atomic mass is 10.0. The van der Waals surface area contributed by atoms with E-state index in [0.717, 1.165) is 32.7 Å². The number of nitrogens with one attached hydrogen (secondary N) is 2. The molecule has 6 heteroatoms. The highest BCUT2D eigenvalue weighted by Gasteiger charge is 2.34. The third kappa shape index (κ3) is 3.41. The molecule has 2 heterocycles. The Hall–Kier alpha value is -0.690. The van der Waals surface area contributed by atoms with Crippen LogP contribution in [0.5, 0.6) is 0 Å². The summed E-state index contributed by atoms with van der Waals surface area (Å²) in [7, 11) is 2.10. The summed E-state index contributed by atoms with van der Waals surface area (Å²) < 4.78 is 5.40. The zero-order valence-corrected chi connectivity index (χ0v) is 11.3. The maximum atomic E-state index is 12.2. The van der Waals surface area contributed by atoms with Crippen LogP contribution in [0.2, 0.25) is 0 Å². The molecule has 0 bridgehead atoms. The number of amides is 1. The Morgan fingerprint density at radius 2 is 2.00 bits per heavy atom. The van der Waals surface area contributed by atoms with Gasteiger partial charge in [-0.25, -0.2) is 5.01 Å². The van der Waals surface area contributed by atoms with E-state index < -0.39 is 0 Å². The second-order valence-corrected chi connectivity index (χ2v) is 5.07. The number of carbonyl (C=O) groups excluding carboxylic acids is 1. The summed E-state index contributed by atoms with van der Waals surface area (Å²) in [6.45, 7) is 7.85. The zero-order chi connectivity index (χ0) is 13.0. The quantitative estimate of drug-likeness (QED) is 0.668. The fourth-order valence-electron chi connectivity index (χ4n) is 2.43. The van der Waals surface area contributed by atoms with E-state index in [-0.39, 0.29) is 17.9 Å². The molecule has 1 amide bonds. The first-order chi connectivity index (χ1) is 8.70. The van der Waals surface area contributed by atoms with E-state index in [1.54, 1.807) is 0 Å². The summed E-state index contributed by atoms with van der Waals surface area (Å²) in [5.41, 5.74) is 3.02. The molecule has 2 saturated heterocycles. The third-order valence-corrected chi connectivity index (χ3v) is 3.66. The maximum absolute atomic E-state index is 12.2. The van der Waals surface area contributed by atoms with Crippen LogP contribution < -0.4 is 10.7 Å². The lowest BCUT2D eigenvalue weighted by Gasteiger charge is -2.33. The van der Waals surface area contributed by atoms with Crippen LogP contribution in [0.4, 0.5) is 0 Å². The van der Waals surface area contributed by atoms with Gasteiger partial charge in [0.05, 0.1) is 19.1 Å². The third-order valence-electron chi connectivity index (χ3n) is 3.66. The Morgan fingerprint density at radius 1 is 1.28 bits per heavy atom. The molecule has 0 saturated carbocycles. The van der Waals surface area contributed by atoms with Gasteiger partial charge in [-0.2, -0.15) is 0 Å². The molecular formula is C12H24N4O2. The standard InChI is InChI=1S/C12H24N4O2/c1-3-13-11-9-18-8-10(11)12(17)14-16-6-4-15(2)5-7-16/h10-11,13H,3-9H2,1-2H3,(H,14,17). The first-order valence-electron chi connectivity index (χ1n) is 6.76. The number of likely N-dealkylation sites (N-methyl/N-ethyl adjacent to an activating group) is 2. The zero-order valence-electron chi connectivity index (χ0n) is 11.3. The fraction of sp³-hybridized carbons (Fsp3) is 0.917. The van der Waals surface area contributed by atoms with Gasteiger partial charge in [0.1, 0.15) is 0 Å². The highest BCUT2D eigenvalue weighted by atomic mass is 16.5. The molecule has 2 rings (SSSR count). The van der Waals surface area contributed by atoms with Crippen LogP contribution in [0.1, 0.15) is 6.92 Å². The molecule has 18 heavy (non-hydrogen) atoms. The summed E-state index contributed by atoms with van der Waals surface area (Å²) in [5, 5.41) is 5.32. The second kappa shape index (κ2) is 6.47. The summed E-state index contributed by atoms with van der Waals surface area (Å²) in [5.74, 6) is 0.0209. The summed E-state index contributed by atoms with van der Waals surface area (Å²) >= 11 is 0. The van der Waals surface area contributed by atoms with E-state index in [0.29, 0.717) is 13.2 Å². The molecule has 0 aromatic carbocycles. The highest BCUT2D eigenvalue weighted by molar-refractivity contribution is 5.79. The van der Waals surface area contributed by atoms with Crippen molar-refractivity contribution in [3.8, 4) is 0 Å². The summed E-state index contributed by atoms with van der Waals surface area (Å²) in [6.07, 6.45) is 0. The van der Waals surface area contributed by atoms with Crippen molar-refractivity contribution in [2.45, 2.75) is 13.0 Å². The molecule has 0 aromatic heterocycles. The van der Waals surface area contributed by atoms with Gasteiger partial charge in [0.25, 0.3) is 0 Å². The van der Waals surface area contributed by atoms with Crippen LogP contribution in [0.3, 0.4) is 0 Å². The van der Waals surface area contributed by atoms with Gasteiger partial charge in [-0.1, -0.05) is 6.92 Å². The smallest absolute Gasteiger partial charge is 0.241 e. The van der Waals surface area contributed by atoms with E-state index in [9.17, 15) is 4.79 Å². The minimum atomic E-state index is -0.0652. The minimum absolute atomic E-state index is 0.0652. The van der Waals surface area contributed by atoms with Crippen LogP contribution in [0.25, 0.3) is 0 Å². The summed E-state index contributed by atoms with van der Waals surface area (Å²) in [6, 6.07) is 0.155. The van der Waals surface area contributed by atoms with Crippen molar-refractivity contribution in [3.63, 3.8) is 0 Å². The molecule has 104 valence electrons. The van der Waals surface area contributed by atoms with Crippen molar-refractivity contribution in [1.29, 1.82) is 0 Å². The first kappa shape index (κ1) is 13.7. The molecule has 0 radical (unpaired) electrons. The van der Waals surface area contributed by atoms with Gasteiger partial charge in [0.15, 0.2) is 0 Å². The lowest BCUT2D eigenvalue weighted by Crippen LogP contribution is -2.55. The molecule has 6 nitrogen and oxygen atoms in total. The number of nitrogens with zero attached hydrogens (tertiary/aromatic N) is 2. The number of carbonyl (C=O) groups is 1. The van der Waals surface area contributed by atoms with Gasteiger partial charge in [-0.3, -0.25) is 10.2 Å². The van der Waals surface area contributed by atoms with Gasteiger partial charge in [0.2, 0.25) is 5.91 Å². The Bertz CT molecular complexity index is 279. The predicted octanol–water partition coefficient (Wildman–Crippen LogP) is -1.11. The maximum Gasteiger partial charge on any atom is 0.241 e. The van der Waals surface area contributed by atoms with Crippen LogP contribution in [-0.2, 0) is 9.53 Å². The lowest BCUT2D eigenvalue weighted by molar-refractivity contribution is -0.131. The molecule has 2 unspecified atom stereocenters. The number of piperazine rings is 1. The van der Waals surface area contributed by atoms with E-state index in [1.165, 1.54) is 0 Å². The monoisotopic (exact) mass is 256 g/mol. The van der Waals surface area contributed by atoms with Gasteiger partial charge < -0.3 is 15.0 Å². The van der Waals surface area contributed by atoms with Crippen molar-refractivity contribution >= 4 is 5.91 Å². The predicted molar refractivity (Wildman–Crippen MR) is 69.0 cm³/mol. The molecule has 2 aliphatic rings. The second-order valence-electron chi connectivity index (χ2n) is 5.07. The number of hydrogen-bond acceptors (Lipinski definition) is 5. The van der Waals surface area contributed by atoms with Crippen molar-refractivity contribution < 1.29 is 9.53 Å². The van der Waals surface area contributed by atoms with Crippen molar-refractivity contribution in [2.24, 2.45) is 5.92 Å². The molecule has 2 N–H and O–H groups in total. The number of hydrogen-bond donors (Lipinski definition) is 2. The Kier molecular flexibility index (Phi) is 4.94. The molecule has 0 spiro atoms. The van der Waals surface area contributed by atoms with E-state index in [4.69, 9.17) is 4.74 Å². The number of hydrazine groups is 1. The summed E-state index contributed by atoms with van der Waals surface area (Å²) in [4.78, 5) is 14.5. The fourth-order valence-corrected chi connectivity index (χ4v) is 2.43. The topological polar surface area (TPSA) is 56.8 Å². The van der Waals surface area contributed by atoms with Crippen LogP contribution in [0, 0.1) is 5.92 Å². The Balaban J connectivity index is 1.80. The van der Waals surface area contributed by atoms with Crippen LogP contribution in [-0.4, -0.2) is 74.8 Å². The van der Waals surface area contributed by atoms with Crippen LogP contribution in [0.15, 0.2) is 0 Å². The molecule has 0 aromatic rings. The Morgan fingerprint density at radius 3 is 2.67 bits per heavy atom. The molecule has 2 atom stereocenters. The van der Waals surface area contributed by atoms with Gasteiger partial charge in [0, 0.05) is 32.2 Å². The molecule has 2 aliphatic heterocycles. The van der Waals surface area contributed by atoms with Crippen molar-refractivity contribution in [1.82, 2.24) is 20.7 Å². The molecular weight excluding hydrogens is 232 g/mol. The van der Waals surface area contributed by atoms with Gasteiger partial charge in [-0.15, -0.1) is 0 Å². The van der Waals surface area contributed by atoms with Gasteiger partial charge >= 0.3 is 0 Å². The van der Waals surface area contributed by atoms with E-state index in [2.05, 4.69) is 22.7 Å². The average Bonchev–Trinajstić information content (AvgIpc) is 2.81. The molecule has 0 aliphatic carbocycles. The highest BCUT2D eigenvalue weighted by Crippen LogP contribution is 2.14. The number of rotatable bonds is 4. The van der Waals surface area contributed by atoms with E-state index >= 15 is 0 Å². The van der Waals surface area contributed by atoms with Crippen LogP contribution >= 0.6 is 0 Å². The Labute approximate surface area is 109 Å². The normalized spacial score (nSPS) is 30.6. The average molecular weight is 256 g/mol. The van der Waals surface area contributed by atoms with Crippen molar-refractivity contribution in [3.05, 3.63) is 0 Å². The SMILES string of the molecule is CCNC1COCC1C(=O)NN1CCN(C)CC1. The van der Waals surface area contributed by atoms with Gasteiger partial charge in [-0.05, 0) is 13.6 Å². The number of ether oxygens (including phenoxy) is 1. The first-order valence-corrected chi connectivity index (χ1v) is 6.76.